The smallest absolute Gasteiger partial charge is 0.411 e. The Kier molecular flexibility index (Phi) is 9.71. The summed E-state index contributed by atoms with van der Waals surface area (Å²) < 4.78 is 6.89. The Morgan fingerprint density at radius 3 is 2.62 bits per heavy atom. The first-order valence-corrected chi connectivity index (χ1v) is 13.1. The maximum atomic E-state index is 13.1. The molecular weight excluding hydrogens is 512 g/mol. The number of aromatic hydroxyl groups is 1. The van der Waals surface area contributed by atoms with E-state index in [1.165, 1.54) is 6.07 Å². The van der Waals surface area contributed by atoms with E-state index in [2.05, 4.69) is 17.2 Å². The predicted octanol–water partition coefficient (Wildman–Crippen LogP) is 2.50. The van der Waals surface area contributed by atoms with Crippen molar-refractivity contribution in [3.8, 4) is 5.75 Å². The lowest BCUT2D eigenvalue weighted by molar-refractivity contribution is -0.125. The number of carbonyl (C=O) groups is 2. The number of hydrogen-bond acceptors (Lipinski definition) is 7. The molecule has 1 fully saturated rings. The van der Waals surface area contributed by atoms with Crippen molar-refractivity contribution in [2.24, 2.45) is 5.92 Å². The number of nitrogens with zero attached hydrogens (tertiary/aromatic N) is 2. The standard InChI is InChI=1S/C30H34N4O6/c1-21(32-30(39)40-20-22-7-3-2-4-8-22)24-17-27(29(38)31-13-5-6-16-35)33(19-24)14-15-34-26-18-25(36)11-9-23(26)10-12-28(34)37/h2-12,18,24,27,35-36H,1,13-17,19-20H2,(H,31,38)(H,32,39)/b6-5+/t24-,27+/m1/s1. The number of pyridine rings is 1. The third kappa shape index (κ3) is 7.37. The van der Waals surface area contributed by atoms with Crippen molar-refractivity contribution in [1.82, 2.24) is 20.1 Å². The van der Waals surface area contributed by atoms with Crippen LogP contribution in [0, 0.1) is 5.92 Å². The molecule has 0 bridgehead atoms. The Labute approximate surface area is 232 Å². The Morgan fingerprint density at radius 1 is 1.07 bits per heavy atom. The van der Waals surface area contributed by atoms with Gasteiger partial charge in [0.05, 0.1) is 18.2 Å². The van der Waals surface area contributed by atoms with E-state index in [4.69, 9.17) is 9.84 Å². The molecule has 2 atom stereocenters. The van der Waals surface area contributed by atoms with Gasteiger partial charge in [0.15, 0.2) is 0 Å². The van der Waals surface area contributed by atoms with Gasteiger partial charge >= 0.3 is 6.09 Å². The number of carbonyl (C=O) groups excluding carboxylic acids is 2. The van der Waals surface area contributed by atoms with Gasteiger partial charge in [-0.1, -0.05) is 49.1 Å². The van der Waals surface area contributed by atoms with Gasteiger partial charge in [0.25, 0.3) is 5.56 Å². The normalized spacial score (nSPS) is 17.2. The number of aliphatic hydroxyl groups is 1. The highest BCUT2D eigenvalue weighted by molar-refractivity contribution is 5.82. The Morgan fingerprint density at radius 2 is 1.85 bits per heavy atom. The second kappa shape index (κ2) is 13.6. The minimum atomic E-state index is -0.621. The number of likely N-dealkylation sites (tertiary alicyclic amines) is 1. The van der Waals surface area contributed by atoms with Gasteiger partial charge < -0.3 is 24.8 Å². The molecule has 2 amide bonds. The minimum absolute atomic E-state index is 0.0581. The van der Waals surface area contributed by atoms with Crippen molar-refractivity contribution in [1.29, 1.82) is 0 Å². The summed E-state index contributed by atoms with van der Waals surface area (Å²) in [7, 11) is 0. The second-order valence-electron chi connectivity index (χ2n) is 9.62. The van der Waals surface area contributed by atoms with Crippen LogP contribution in [0.1, 0.15) is 12.0 Å². The summed E-state index contributed by atoms with van der Waals surface area (Å²) in [5.41, 5.74) is 1.70. The highest BCUT2D eigenvalue weighted by Crippen LogP contribution is 2.28. The molecule has 10 nitrogen and oxygen atoms in total. The largest absolute Gasteiger partial charge is 0.508 e. The van der Waals surface area contributed by atoms with Crippen molar-refractivity contribution in [2.45, 2.75) is 25.6 Å². The van der Waals surface area contributed by atoms with Gasteiger partial charge in [0.1, 0.15) is 12.4 Å². The first-order chi connectivity index (χ1) is 19.4. The van der Waals surface area contributed by atoms with Crippen molar-refractivity contribution in [3.63, 3.8) is 0 Å². The van der Waals surface area contributed by atoms with Crippen LogP contribution in [0.15, 0.2) is 89.9 Å². The zero-order valence-electron chi connectivity index (χ0n) is 22.2. The lowest BCUT2D eigenvalue weighted by Gasteiger charge is -2.24. The summed E-state index contributed by atoms with van der Waals surface area (Å²) >= 11 is 0. The first kappa shape index (κ1) is 28.6. The summed E-state index contributed by atoms with van der Waals surface area (Å²) in [6, 6.07) is 16.9. The molecule has 0 spiro atoms. The van der Waals surface area contributed by atoms with Crippen molar-refractivity contribution < 1.29 is 24.5 Å². The van der Waals surface area contributed by atoms with Crippen molar-refractivity contribution in [2.75, 3.05) is 26.2 Å². The molecule has 4 rings (SSSR count). The average molecular weight is 547 g/mol. The fourth-order valence-electron chi connectivity index (χ4n) is 4.84. The molecule has 10 heteroatoms. The van der Waals surface area contributed by atoms with Crippen LogP contribution in [0.4, 0.5) is 4.79 Å². The van der Waals surface area contributed by atoms with E-state index in [-0.39, 0.29) is 42.9 Å². The monoisotopic (exact) mass is 546 g/mol. The van der Waals surface area contributed by atoms with E-state index in [9.17, 15) is 19.5 Å². The topological polar surface area (TPSA) is 133 Å². The van der Waals surface area contributed by atoms with Crippen molar-refractivity contribution in [3.05, 3.63) is 101 Å². The zero-order chi connectivity index (χ0) is 28.5. The van der Waals surface area contributed by atoms with Crippen LogP contribution in [0.25, 0.3) is 10.9 Å². The third-order valence-corrected chi connectivity index (χ3v) is 6.93. The van der Waals surface area contributed by atoms with Crippen LogP contribution in [0.3, 0.4) is 0 Å². The lowest BCUT2D eigenvalue weighted by Crippen LogP contribution is -2.44. The third-order valence-electron chi connectivity index (χ3n) is 6.93. The van der Waals surface area contributed by atoms with E-state index in [0.717, 1.165) is 10.9 Å². The van der Waals surface area contributed by atoms with Gasteiger partial charge in [-0.15, -0.1) is 0 Å². The molecule has 0 radical (unpaired) electrons. The maximum Gasteiger partial charge on any atom is 0.411 e. The highest BCUT2D eigenvalue weighted by atomic mass is 16.5. The molecule has 4 N–H and O–H groups in total. The van der Waals surface area contributed by atoms with Crippen molar-refractivity contribution >= 4 is 22.9 Å². The second-order valence-corrected chi connectivity index (χ2v) is 9.62. The van der Waals surface area contributed by atoms with E-state index >= 15 is 0 Å². The quantitative estimate of drug-likeness (QED) is 0.272. The number of ether oxygens (including phenoxy) is 1. The number of rotatable bonds is 11. The van der Waals surface area contributed by atoms with Crippen LogP contribution < -0.4 is 16.2 Å². The molecule has 0 saturated carbocycles. The Hall–Kier alpha value is -4.41. The molecule has 0 aliphatic carbocycles. The number of phenolic OH excluding ortho intramolecular Hbond substituents is 1. The summed E-state index contributed by atoms with van der Waals surface area (Å²) in [6.07, 6.45) is 3.01. The SMILES string of the molecule is C=C(NC(=O)OCc1ccccc1)[C@@H]1C[C@@H](C(=O)NC/C=C/CO)N(CCn2c(=O)ccc3ccc(O)cc32)C1. The molecular formula is C30H34N4O6. The number of aliphatic hydroxyl groups excluding tert-OH is 1. The number of amides is 2. The van der Waals surface area contributed by atoms with Crippen LogP contribution >= 0.6 is 0 Å². The van der Waals surface area contributed by atoms with Gasteiger partial charge in [-0.2, -0.15) is 0 Å². The van der Waals surface area contributed by atoms with Gasteiger partial charge in [-0.25, -0.2) is 4.79 Å². The number of fused-ring (bicyclic) bond motifs is 1. The van der Waals surface area contributed by atoms with Crippen LogP contribution in [0.5, 0.6) is 5.75 Å². The Bertz CT molecular complexity index is 1440. The van der Waals surface area contributed by atoms with Crippen LogP contribution in [-0.2, 0) is 22.7 Å². The molecule has 2 heterocycles. The molecule has 1 aliphatic rings. The van der Waals surface area contributed by atoms with Gasteiger partial charge in [0.2, 0.25) is 5.91 Å². The predicted molar refractivity (Wildman–Crippen MR) is 151 cm³/mol. The van der Waals surface area contributed by atoms with Crippen LogP contribution in [-0.4, -0.2) is 64.0 Å². The summed E-state index contributed by atoms with van der Waals surface area (Å²) in [5.74, 6) is -0.364. The maximum absolute atomic E-state index is 13.1. The molecule has 0 unspecified atom stereocenters. The number of phenols is 1. The van der Waals surface area contributed by atoms with E-state index in [1.807, 2.05) is 35.2 Å². The van der Waals surface area contributed by atoms with Gasteiger partial charge in [-0.05, 0) is 35.6 Å². The van der Waals surface area contributed by atoms with Gasteiger partial charge in [0, 0.05) is 49.9 Å². The Balaban J connectivity index is 1.44. The summed E-state index contributed by atoms with van der Waals surface area (Å²) in [4.78, 5) is 40.2. The van der Waals surface area contributed by atoms with E-state index in [1.54, 1.807) is 41.0 Å². The van der Waals surface area contributed by atoms with Gasteiger partial charge in [-0.3, -0.25) is 19.8 Å². The molecule has 3 aromatic rings. The summed E-state index contributed by atoms with van der Waals surface area (Å²) in [5, 5.41) is 25.3. The first-order valence-electron chi connectivity index (χ1n) is 13.1. The molecule has 210 valence electrons. The number of nitrogens with one attached hydrogen (secondary N) is 2. The minimum Gasteiger partial charge on any atom is -0.508 e. The van der Waals surface area contributed by atoms with E-state index < -0.39 is 12.1 Å². The molecule has 40 heavy (non-hydrogen) atoms. The van der Waals surface area contributed by atoms with Crippen LogP contribution in [0.2, 0.25) is 0 Å². The lowest BCUT2D eigenvalue weighted by atomic mass is 10.0. The fraction of sp³-hybridized carbons (Fsp3) is 0.300. The number of hydrogen-bond donors (Lipinski definition) is 4. The fourth-order valence-corrected chi connectivity index (χ4v) is 4.84. The summed E-state index contributed by atoms with van der Waals surface area (Å²) in [6.45, 7) is 5.41. The molecule has 1 aliphatic heterocycles. The van der Waals surface area contributed by atoms with E-state index in [0.29, 0.717) is 37.3 Å². The molecule has 1 aromatic heterocycles. The molecule has 1 saturated heterocycles. The number of benzene rings is 2. The zero-order valence-corrected chi connectivity index (χ0v) is 22.2. The average Bonchev–Trinajstić information content (AvgIpc) is 3.39. The highest BCUT2D eigenvalue weighted by Gasteiger charge is 2.38. The molecule has 2 aromatic carbocycles. The number of alkyl carbamates (subject to hydrolysis) is 1. The number of aromatic nitrogens is 1.